The second kappa shape index (κ2) is 5.76. The molecule has 88 valence electrons. The topological polar surface area (TPSA) is 26.3 Å². The summed E-state index contributed by atoms with van der Waals surface area (Å²) >= 11 is 17.5. The van der Waals surface area contributed by atoms with Crippen molar-refractivity contribution in [2.75, 3.05) is 6.61 Å². The number of benzene rings is 1. The quantitative estimate of drug-likeness (QED) is 0.604. The molecule has 0 unspecified atom stereocenters. The normalized spacial score (nSPS) is 10.6. The average Bonchev–Trinajstić information content (AvgIpc) is 2.19. The monoisotopic (exact) mass is 280 g/mol. The number of halogens is 3. The van der Waals surface area contributed by atoms with E-state index in [1.165, 1.54) is 12.1 Å². The van der Waals surface area contributed by atoms with Gasteiger partial charge in [-0.3, -0.25) is 0 Å². The third kappa shape index (κ3) is 3.55. The summed E-state index contributed by atoms with van der Waals surface area (Å²) < 4.78 is 5.04. The second-order valence-electron chi connectivity index (χ2n) is 3.74. The van der Waals surface area contributed by atoms with Gasteiger partial charge in [-0.1, -0.05) is 48.7 Å². The van der Waals surface area contributed by atoms with Crippen molar-refractivity contribution in [1.82, 2.24) is 0 Å². The Bertz CT molecular complexity index is 402. The molecule has 0 aromatic heterocycles. The molecular formula is C11H11Cl3O2. The van der Waals surface area contributed by atoms with E-state index >= 15 is 0 Å². The molecule has 16 heavy (non-hydrogen) atoms. The first-order valence-corrected chi connectivity index (χ1v) is 5.87. The molecule has 0 bridgehead atoms. The van der Waals surface area contributed by atoms with Crippen molar-refractivity contribution >= 4 is 40.8 Å². The highest BCUT2D eigenvalue weighted by Crippen LogP contribution is 2.30. The van der Waals surface area contributed by atoms with E-state index in [0.717, 1.165) is 0 Å². The maximum Gasteiger partial charge on any atom is 0.339 e. The molecule has 0 aliphatic rings. The van der Waals surface area contributed by atoms with Crippen LogP contribution in [-0.4, -0.2) is 12.6 Å². The van der Waals surface area contributed by atoms with Gasteiger partial charge in [0.15, 0.2) is 0 Å². The van der Waals surface area contributed by atoms with Gasteiger partial charge in [-0.25, -0.2) is 4.79 Å². The molecule has 0 fully saturated rings. The van der Waals surface area contributed by atoms with Gasteiger partial charge in [-0.05, 0) is 18.1 Å². The van der Waals surface area contributed by atoms with E-state index in [2.05, 4.69) is 0 Å². The van der Waals surface area contributed by atoms with Crippen molar-refractivity contribution in [2.45, 2.75) is 13.8 Å². The molecule has 0 N–H and O–H groups in total. The van der Waals surface area contributed by atoms with Crippen molar-refractivity contribution in [3.8, 4) is 0 Å². The van der Waals surface area contributed by atoms with Crippen LogP contribution in [0.4, 0.5) is 0 Å². The number of hydrogen-bond acceptors (Lipinski definition) is 2. The molecule has 0 amide bonds. The summed E-state index contributed by atoms with van der Waals surface area (Å²) in [6, 6.07) is 2.92. The molecule has 1 aromatic rings. The molecule has 0 saturated heterocycles. The Morgan fingerprint density at radius 2 is 1.94 bits per heavy atom. The smallest absolute Gasteiger partial charge is 0.339 e. The van der Waals surface area contributed by atoms with E-state index < -0.39 is 5.97 Å². The van der Waals surface area contributed by atoms with Crippen LogP contribution in [0.25, 0.3) is 0 Å². The maximum atomic E-state index is 11.7. The van der Waals surface area contributed by atoms with E-state index in [-0.39, 0.29) is 21.5 Å². The fourth-order valence-electron chi connectivity index (χ4n) is 1.02. The summed E-state index contributed by atoms with van der Waals surface area (Å²) in [4.78, 5) is 11.7. The zero-order valence-electron chi connectivity index (χ0n) is 8.89. The molecule has 2 nitrogen and oxygen atoms in total. The fourth-order valence-corrected chi connectivity index (χ4v) is 1.70. The van der Waals surface area contributed by atoms with Gasteiger partial charge in [0.2, 0.25) is 0 Å². The lowest BCUT2D eigenvalue weighted by Gasteiger charge is -2.09. The Kier molecular flexibility index (Phi) is 4.90. The third-order valence-electron chi connectivity index (χ3n) is 1.76. The Morgan fingerprint density at radius 1 is 1.31 bits per heavy atom. The number of carbonyl (C=O) groups is 1. The Hall–Kier alpha value is -0.440. The lowest BCUT2D eigenvalue weighted by Crippen LogP contribution is -2.10. The van der Waals surface area contributed by atoms with E-state index in [1.54, 1.807) is 0 Å². The van der Waals surface area contributed by atoms with Gasteiger partial charge in [0.25, 0.3) is 0 Å². The summed E-state index contributed by atoms with van der Waals surface area (Å²) in [6.07, 6.45) is 0. The van der Waals surface area contributed by atoms with Crippen LogP contribution in [0, 0.1) is 5.92 Å². The molecule has 0 heterocycles. The molecule has 1 aromatic carbocycles. The van der Waals surface area contributed by atoms with Crippen LogP contribution < -0.4 is 0 Å². The van der Waals surface area contributed by atoms with Crippen LogP contribution in [0.3, 0.4) is 0 Å². The van der Waals surface area contributed by atoms with Gasteiger partial charge in [0.05, 0.1) is 22.2 Å². The number of carbonyl (C=O) groups excluding carboxylic acids is 1. The van der Waals surface area contributed by atoms with Gasteiger partial charge >= 0.3 is 5.97 Å². The summed E-state index contributed by atoms with van der Waals surface area (Å²) in [5, 5.41) is 0.761. The number of hydrogen-bond donors (Lipinski definition) is 0. The summed E-state index contributed by atoms with van der Waals surface area (Å²) in [6.45, 7) is 4.22. The van der Waals surface area contributed by atoms with E-state index in [4.69, 9.17) is 39.5 Å². The first-order chi connectivity index (χ1) is 7.41. The van der Waals surface area contributed by atoms with Crippen LogP contribution in [0.1, 0.15) is 24.2 Å². The Morgan fingerprint density at radius 3 is 2.50 bits per heavy atom. The van der Waals surface area contributed by atoms with Gasteiger partial charge in [0, 0.05) is 5.02 Å². The highest BCUT2D eigenvalue weighted by atomic mass is 35.5. The van der Waals surface area contributed by atoms with Crippen LogP contribution in [0.2, 0.25) is 15.1 Å². The number of ether oxygens (including phenoxy) is 1. The minimum atomic E-state index is -0.511. The largest absolute Gasteiger partial charge is 0.462 e. The zero-order chi connectivity index (χ0) is 12.3. The zero-order valence-corrected chi connectivity index (χ0v) is 11.2. The lowest BCUT2D eigenvalue weighted by atomic mass is 10.2. The van der Waals surface area contributed by atoms with Gasteiger partial charge in [-0.2, -0.15) is 0 Å². The molecule has 0 spiro atoms. The molecular weight excluding hydrogens is 270 g/mol. The first kappa shape index (κ1) is 13.6. The summed E-state index contributed by atoms with van der Waals surface area (Å²) in [5.74, 6) is -0.250. The minimum absolute atomic E-state index is 0.167. The average molecular weight is 282 g/mol. The van der Waals surface area contributed by atoms with Crippen LogP contribution in [-0.2, 0) is 4.74 Å². The maximum absolute atomic E-state index is 11.7. The molecule has 0 radical (unpaired) electrons. The Labute approximate surface area is 109 Å². The molecule has 0 aliphatic carbocycles. The molecule has 0 atom stereocenters. The highest BCUT2D eigenvalue weighted by Gasteiger charge is 2.16. The first-order valence-electron chi connectivity index (χ1n) is 4.73. The van der Waals surface area contributed by atoms with Crippen molar-refractivity contribution in [3.63, 3.8) is 0 Å². The third-order valence-corrected chi connectivity index (χ3v) is 2.78. The van der Waals surface area contributed by atoms with Crippen molar-refractivity contribution in [3.05, 3.63) is 32.8 Å². The standard InChI is InChI=1S/C11H11Cl3O2/c1-6(2)5-16-11(15)8-3-7(12)4-9(13)10(8)14/h3-4,6H,5H2,1-2H3. The van der Waals surface area contributed by atoms with Crippen LogP contribution in [0.15, 0.2) is 12.1 Å². The van der Waals surface area contributed by atoms with Gasteiger partial charge < -0.3 is 4.74 Å². The SMILES string of the molecule is CC(C)COC(=O)c1cc(Cl)cc(Cl)c1Cl. The fraction of sp³-hybridized carbons (Fsp3) is 0.364. The Balaban J connectivity index is 2.91. The van der Waals surface area contributed by atoms with Crippen molar-refractivity contribution in [1.29, 1.82) is 0 Å². The lowest BCUT2D eigenvalue weighted by molar-refractivity contribution is 0.0459. The number of rotatable bonds is 3. The van der Waals surface area contributed by atoms with Gasteiger partial charge in [-0.15, -0.1) is 0 Å². The molecule has 0 aliphatic heterocycles. The predicted molar refractivity (Wildman–Crippen MR) is 66.6 cm³/mol. The van der Waals surface area contributed by atoms with Gasteiger partial charge in [0.1, 0.15) is 0 Å². The van der Waals surface area contributed by atoms with Crippen molar-refractivity contribution < 1.29 is 9.53 Å². The second-order valence-corrected chi connectivity index (χ2v) is 4.96. The van der Waals surface area contributed by atoms with Crippen molar-refractivity contribution in [2.24, 2.45) is 5.92 Å². The minimum Gasteiger partial charge on any atom is -0.462 e. The number of esters is 1. The highest BCUT2D eigenvalue weighted by molar-refractivity contribution is 6.45. The van der Waals surface area contributed by atoms with E-state index in [9.17, 15) is 4.79 Å². The molecule has 5 heteroatoms. The van der Waals surface area contributed by atoms with E-state index in [1.807, 2.05) is 13.8 Å². The summed E-state index contributed by atoms with van der Waals surface area (Å²) in [5.41, 5.74) is 0.194. The summed E-state index contributed by atoms with van der Waals surface area (Å²) in [7, 11) is 0. The van der Waals surface area contributed by atoms with Crippen LogP contribution in [0.5, 0.6) is 0 Å². The predicted octanol–water partition coefficient (Wildman–Crippen LogP) is 4.46. The van der Waals surface area contributed by atoms with E-state index in [0.29, 0.717) is 11.6 Å². The molecule has 0 saturated carbocycles. The van der Waals surface area contributed by atoms with Crippen LogP contribution >= 0.6 is 34.8 Å². The molecule has 1 rings (SSSR count).